The van der Waals surface area contributed by atoms with Gasteiger partial charge in [-0.05, 0) is 19.1 Å². The van der Waals surface area contributed by atoms with Crippen molar-refractivity contribution >= 4 is 17.1 Å². The summed E-state index contributed by atoms with van der Waals surface area (Å²) in [6.45, 7) is 1.86. The minimum atomic E-state index is -0.251. The zero-order chi connectivity index (χ0) is 11.5. The first-order valence-electron chi connectivity index (χ1n) is 4.60. The molecule has 16 heavy (non-hydrogen) atoms. The maximum Gasteiger partial charge on any atom is 0.257 e. The van der Waals surface area contributed by atoms with Gasteiger partial charge in [-0.3, -0.25) is 9.78 Å². The van der Waals surface area contributed by atoms with Crippen molar-refractivity contribution in [3.05, 3.63) is 39.9 Å². The molecule has 2 aromatic rings. The van der Waals surface area contributed by atoms with Crippen molar-refractivity contribution < 1.29 is 4.94 Å². The van der Waals surface area contributed by atoms with E-state index in [1.165, 1.54) is 6.21 Å². The van der Waals surface area contributed by atoms with E-state index in [-0.39, 0.29) is 5.56 Å². The molecule has 0 amide bonds. The van der Waals surface area contributed by atoms with Crippen LogP contribution in [0.5, 0.6) is 0 Å². The second kappa shape index (κ2) is 4.11. The lowest BCUT2D eigenvalue weighted by atomic mass is 10.1. The average molecular weight is 218 g/mol. The van der Waals surface area contributed by atoms with Crippen LogP contribution in [0.3, 0.4) is 0 Å². The van der Waals surface area contributed by atoms with E-state index < -0.39 is 0 Å². The van der Waals surface area contributed by atoms with Gasteiger partial charge < -0.3 is 9.92 Å². The van der Waals surface area contributed by atoms with Crippen molar-refractivity contribution in [3.63, 3.8) is 0 Å². The predicted molar refractivity (Wildman–Crippen MR) is 60.0 cm³/mol. The van der Waals surface area contributed by atoms with E-state index in [1.807, 2.05) is 6.92 Å². The molecule has 0 spiro atoms. The van der Waals surface area contributed by atoms with E-state index >= 15 is 0 Å². The van der Waals surface area contributed by atoms with Crippen molar-refractivity contribution in [2.75, 3.05) is 0 Å². The molecule has 0 aliphatic rings. The van der Waals surface area contributed by atoms with E-state index in [4.69, 9.17) is 5.90 Å². The lowest BCUT2D eigenvalue weighted by molar-refractivity contribution is 0.150. The molecule has 2 heterocycles. The van der Waals surface area contributed by atoms with E-state index in [0.717, 1.165) is 16.6 Å². The van der Waals surface area contributed by atoms with Gasteiger partial charge in [0.2, 0.25) is 0 Å². The zero-order valence-electron chi connectivity index (χ0n) is 8.60. The fourth-order valence-corrected chi connectivity index (χ4v) is 1.47. The highest BCUT2D eigenvalue weighted by atomic mass is 16.7. The summed E-state index contributed by atoms with van der Waals surface area (Å²) in [4.78, 5) is 22.5. The highest BCUT2D eigenvalue weighted by molar-refractivity contribution is 5.88. The van der Waals surface area contributed by atoms with E-state index in [9.17, 15) is 4.79 Å². The molecule has 0 saturated carbocycles. The number of nitrogens with one attached hydrogen (secondary N) is 1. The molecule has 0 radical (unpaired) electrons. The maximum absolute atomic E-state index is 11.6. The van der Waals surface area contributed by atoms with Gasteiger partial charge in [-0.25, -0.2) is 0 Å². The highest BCUT2D eigenvalue weighted by Gasteiger charge is 2.03. The van der Waals surface area contributed by atoms with Crippen LogP contribution in [0.25, 0.3) is 10.9 Å². The molecule has 0 aliphatic carbocycles. The largest absolute Gasteiger partial charge is 0.321 e. The average Bonchev–Trinajstić information content (AvgIpc) is 2.27. The number of hydrogen-bond donors (Lipinski definition) is 2. The molecule has 0 atom stereocenters. The first kappa shape index (κ1) is 10.3. The van der Waals surface area contributed by atoms with Crippen molar-refractivity contribution in [1.29, 1.82) is 0 Å². The van der Waals surface area contributed by atoms with Crippen LogP contribution in [0.1, 0.15) is 11.3 Å². The fraction of sp³-hybridized carbons (Fsp3) is 0.100. The van der Waals surface area contributed by atoms with Gasteiger partial charge in [-0.15, -0.1) is 5.90 Å². The summed E-state index contributed by atoms with van der Waals surface area (Å²) in [7, 11) is 0. The molecule has 0 fully saturated rings. The summed E-state index contributed by atoms with van der Waals surface area (Å²) < 4.78 is 0. The molecule has 82 valence electrons. The third-order valence-electron chi connectivity index (χ3n) is 2.25. The quantitative estimate of drug-likeness (QED) is 0.565. The third kappa shape index (κ3) is 1.78. The third-order valence-corrected chi connectivity index (χ3v) is 2.25. The Bertz CT molecular complexity index is 603. The molecule has 3 N–H and O–H groups in total. The van der Waals surface area contributed by atoms with Gasteiger partial charge in [-0.2, -0.15) is 0 Å². The summed E-state index contributed by atoms with van der Waals surface area (Å²) in [6, 6.07) is 3.43. The second-order valence-electron chi connectivity index (χ2n) is 3.25. The molecule has 0 saturated heterocycles. The summed E-state index contributed by atoms with van der Waals surface area (Å²) in [5.41, 5.74) is 1.69. The zero-order valence-corrected chi connectivity index (χ0v) is 8.60. The molecular formula is C10H10N4O2. The molecule has 0 aromatic carbocycles. The van der Waals surface area contributed by atoms with Gasteiger partial charge in [0.25, 0.3) is 5.56 Å². The van der Waals surface area contributed by atoms with Crippen LogP contribution in [-0.2, 0) is 4.94 Å². The Balaban J connectivity index is 2.69. The van der Waals surface area contributed by atoms with Gasteiger partial charge in [0.1, 0.15) is 0 Å². The molecule has 0 unspecified atom stereocenters. The first-order valence-corrected chi connectivity index (χ1v) is 4.60. The Morgan fingerprint density at radius 2 is 2.44 bits per heavy atom. The molecule has 6 heteroatoms. The van der Waals surface area contributed by atoms with Crippen LogP contribution in [0.2, 0.25) is 0 Å². The van der Waals surface area contributed by atoms with Gasteiger partial charge in [0, 0.05) is 17.3 Å². The molecular weight excluding hydrogens is 208 g/mol. The Hall–Kier alpha value is -2.21. The van der Waals surface area contributed by atoms with Crippen LogP contribution in [0.4, 0.5) is 0 Å². The van der Waals surface area contributed by atoms with Crippen LogP contribution < -0.4 is 11.5 Å². The number of fused-ring (bicyclic) bond motifs is 1. The minimum Gasteiger partial charge on any atom is -0.321 e. The molecule has 2 rings (SSSR count). The summed E-state index contributed by atoms with van der Waals surface area (Å²) in [5, 5.41) is 4.21. The van der Waals surface area contributed by atoms with Gasteiger partial charge in [-0.1, -0.05) is 5.16 Å². The van der Waals surface area contributed by atoms with Crippen molar-refractivity contribution in [2.45, 2.75) is 6.92 Å². The number of nitrogens with two attached hydrogens (primary N) is 1. The fourth-order valence-electron chi connectivity index (χ4n) is 1.47. The van der Waals surface area contributed by atoms with Gasteiger partial charge in [0.15, 0.2) is 0 Å². The predicted octanol–water partition coefficient (Wildman–Crippen LogP) is 0.456. The smallest absolute Gasteiger partial charge is 0.257 e. The van der Waals surface area contributed by atoms with Gasteiger partial charge >= 0.3 is 0 Å². The van der Waals surface area contributed by atoms with Gasteiger partial charge in [0.05, 0.1) is 17.3 Å². The number of rotatable bonds is 2. The van der Waals surface area contributed by atoms with E-state index in [0.29, 0.717) is 5.56 Å². The number of H-pyrrole nitrogens is 1. The van der Waals surface area contributed by atoms with Crippen LogP contribution in [-0.4, -0.2) is 16.2 Å². The van der Waals surface area contributed by atoms with Crippen LogP contribution in [0, 0.1) is 6.92 Å². The molecule has 2 aromatic heterocycles. The van der Waals surface area contributed by atoms with Crippen LogP contribution >= 0.6 is 0 Å². The molecule has 0 aliphatic heterocycles. The van der Waals surface area contributed by atoms with Crippen LogP contribution in [0.15, 0.2) is 28.3 Å². The number of hydrogen-bond acceptors (Lipinski definition) is 5. The molecule has 0 bridgehead atoms. The summed E-state index contributed by atoms with van der Waals surface area (Å²) >= 11 is 0. The number of oxime groups is 1. The van der Waals surface area contributed by atoms with Crippen molar-refractivity contribution in [1.82, 2.24) is 9.97 Å². The first-order chi connectivity index (χ1) is 7.72. The standard InChI is InChI=1S/C10H10N4O2/c1-6-8-4-7(5-13-16-11)10(15)14-9(8)2-3-12-6/h2-5H,11H2,1H3,(H,14,15)/b13-5+. The monoisotopic (exact) mass is 218 g/mol. The summed E-state index contributed by atoms with van der Waals surface area (Å²) in [6.07, 6.45) is 2.90. The summed E-state index contributed by atoms with van der Waals surface area (Å²) in [5.74, 6) is 4.75. The molecule has 6 nitrogen and oxygen atoms in total. The highest BCUT2D eigenvalue weighted by Crippen LogP contribution is 2.12. The van der Waals surface area contributed by atoms with E-state index in [1.54, 1.807) is 18.3 Å². The van der Waals surface area contributed by atoms with Crippen molar-refractivity contribution in [3.8, 4) is 0 Å². The SMILES string of the molecule is Cc1nccc2[nH]c(=O)c(/C=N/ON)cc12. The Morgan fingerprint density at radius 1 is 1.62 bits per heavy atom. The number of aryl methyl sites for hydroxylation is 1. The normalized spacial score (nSPS) is 11.1. The number of aromatic amines is 1. The Labute approximate surface area is 90.7 Å². The Morgan fingerprint density at radius 3 is 3.19 bits per heavy atom. The number of pyridine rings is 2. The topological polar surface area (TPSA) is 93.4 Å². The lowest BCUT2D eigenvalue weighted by Crippen LogP contribution is -2.12. The number of nitrogens with zero attached hydrogens (tertiary/aromatic N) is 2. The second-order valence-corrected chi connectivity index (χ2v) is 3.25. The lowest BCUT2D eigenvalue weighted by Gasteiger charge is -2.01. The Kier molecular flexibility index (Phi) is 2.65. The van der Waals surface area contributed by atoms with E-state index in [2.05, 4.69) is 20.1 Å². The van der Waals surface area contributed by atoms with Crippen molar-refractivity contribution in [2.24, 2.45) is 11.1 Å². The number of aromatic nitrogens is 2. The minimum absolute atomic E-state index is 0.251. The maximum atomic E-state index is 11.6.